The van der Waals surface area contributed by atoms with Gasteiger partial charge in [-0.3, -0.25) is 19.5 Å². The molecule has 158 valence electrons. The number of thiazole rings is 1. The van der Waals surface area contributed by atoms with Gasteiger partial charge >= 0.3 is 5.91 Å². The van der Waals surface area contributed by atoms with E-state index < -0.39 is 17.7 Å². The molecule has 1 N–H and O–H groups in total. The molecule has 2 aromatic heterocycles. The van der Waals surface area contributed by atoms with Crippen LogP contribution >= 0.6 is 34.5 Å². The second-order valence-corrected chi connectivity index (χ2v) is 8.84. The maximum absolute atomic E-state index is 13.2. The molecule has 4 aromatic rings. The summed E-state index contributed by atoms with van der Waals surface area (Å²) in [6.45, 7) is 0. The first-order valence-electron chi connectivity index (χ1n) is 9.48. The van der Waals surface area contributed by atoms with Crippen LogP contribution in [0, 0.1) is 0 Å². The van der Waals surface area contributed by atoms with Gasteiger partial charge in [0.15, 0.2) is 5.13 Å². The molecule has 32 heavy (non-hydrogen) atoms. The lowest BCUT2D eigenvalue weighted by Gasteiger charge is -2.22. The van der Waals surface area contributed by atoms with Crippen molar-refractivity contribution < 1.29 is 14.7 Å². The van der Waals surface area contributed by atoms with Gasteiger partial charge in [0.1, 0.15) is 11.8 Å². The van der Waals surface area contributed by atoms with Crippen molar-refractivity contribution in [2.45, 2.75) is 6.04 Å². The summed E-state index contributed by atoms with van der Waals surface area (Å²) in [5, 5.41) is 12.0. The van der Waals surface area contributed by atoms with Gasteiger partial charge in [-0.2, -0.15) is 0 Å². The Hall–Kier alpha value is -3.26. The number of para-hydroxylation sites is 1. The smallest absolute Gasteiger partial charge is 0.301 e. The molecule has 3 heterocycles. The number of ketones is 1. The van der Waals surface area contributed by atoms with Gasteiger partial charge in [-0.05, 0) is 42.5 Å². The number of carbonyl (C=O) groups is 2. The fraction of sp³-hybridized carbons (Fsp3) is 0.0435. The molecule has 1 atom stereocenters. The first kappa shape index (κ1) is 20.6. The highest BCUT2D eigenvalue weighted by atomic mass is 35.5. The van der Waals surface area contributed by atoms with Crippen molar-refractivity contribution in [1.82, 2.24) is 9.97 Å². The maximum atomic E-state index is 13.2. The van der Waals surface area contributed by atoms with Gasteiger partial charge in [0.2, 0.25) is 0 Å². The highest BCUT2D eigenvalue weighted by Crippen LogP contribution is 2.44. The van der Waals surface area contributed by atoms with Crippen molar-refractivity contribution in [3.63, 3.8) is 0 Å². The van der Waals surface area contributed by atoms with Crippen molar-refractivity contribution in [2.75, 3.05) is 4.90 Å². The predicted molar refractivity (Wildman–Crippen MR) is 125 cm³/mol. The Balaban J connectivity index is 1.73. The summed E-state index contributed by atoms with van der Waals surface area (Å²) in [6.07, 6.45) is 1.56. The fourth-order valence-corrected chi connectivity index (χ4v) is 4.90. The molecule has 0 aliphatic carbocycles. The van der Waals surface area contributed by atoms with Gasteiger partial charge in [0, 0.05) is 11.8 Å². The number of hydrogen-bond acceptors (Lipinski definition) is 6. The minimum absolute atomic E-state index is 0.0913. The average Bonchev–Trinajstić information content (AvgIpc) is 3.34. The molecule has 9 heteroatoms. The standard InChI is InChI=1S/C23H13Cl2N3O3S/c24-13-9-8-12(11-14(13)25)20(29)18-19(16-6-3-4-10-26-16)28(22(31)21(18)30)23-27-15-5-1-2-7-17(15)32-23/h1-11,19,29H/b20-18+. The predicted octanol–water partition coefficient (Wildman–Crippen LogP) is 5.62. The molecule has 0 bridgehead atoms. The lowest BCUT2D eigenvalue weighted by molar-refractivity contribution is -0.132. The first-order chi connectivity index (χ1) is 15.5. The summed E-state index contributed by atoms with van der Waals surface area (Å²) in [5.74, 6) is -1.98. The van der Waals surface area contributed by atoms with E-state index in [4.69, 9.17) is 23.2 Å². The zero-order valence-corrected chi connectivity index (χ0v) is 18.5. The normalized spacial score (nSPS) is 17.9. The molecule has 2 aromatic carbocycles. The van der Waals surface area contributed by atoms with E-state index in [-0.39, 0.29) is 21.9 Å². The van der Waals surface area contributed by atoms with E-state index in [1.54, 1.807) is 24.4 Å². The number of benzene rings is 2. The van der Waals surface area contributed by atoms with Crippen molar-refractivity contribution in [3.05, 3.63) is 93.7 Å². The number of nitrogens with zero attached hydrogens (tertiary/aromatic N) is 3. The van der Waals surface area contributed by atoms with E-state index in [2.05, 4.69) is 9.97 Å². The molecular formula is C23H13Cl2N3O3S. The van der Waals surface area contributed by atoms with Crippen LogP contribution in [0.2, 0.25) is 10.0 Å². The second kappa shape index (κ2) is 8.02. The Bertz CT molecular complexity index is 1390. The van der Waals surface area contributed by atoms with Gasteiger partial charge in [-0.15, -0.1) is 0 Å². The number of Topliss-reactive ketones (excluding diaryl/α,β-unsaturated/α-hetero) is 1. The topological polar surface area (TPSA) is 83.4 Å². The molecule has 1 amide bonds. The van der Waals surface area contributed by atoms with Crippen LogP contribution in [-0.2, 0) is 9.59 Å². The van der Waals surface area contributed by atoms with E-state index >= 15 is 0 Å². The zero-order valence-electron chi connectivity index (χ0n) is 16.2. The summed E-state index contributed by atoms with van der Waals surface area (Å²) in [5.41, 5.74) is 1.31. The molecule has 1 fully saturated rings. The van der Waals surface area contributed by atoms with E-state index in [1.807, 2.05) is 24.3 Å². The number of aliphatic hydroxyl groups excluding tert-OH is 1. The Morgan fingerprint density at radius 3 is 2.50 bits per heavy atom. The minimum Gasteiger partial charge on any atom is -0.507 e. The lowest BCUT2D eigenvalue weighted by Crippen LogP contribution is -2.29. The maximum Gasteiger partial charge on any atom is 0.301 e. The number of carbonyl (C=O) groups excluding carboxylic acids is 2. The summed E-state index contributed by atoms with van der Waals surface area (Å²) in [7, 11) is 0. The summed E-state index contributed by atoms with van der Waals surface area (Å²) in [6, 6.07) is 16.1. The van der Waals surface area contributed by atoms with E-state index in [9.17, 15) is 14.7 Å². The highest BCUT2D eigenvalue weighted by Gasteiger charge is 2.48. The van der Waals surface area contributed by atoms with Gasteiger partial charge < -0.3 is 5.11 Å². The Labute approximate surface area is 196 Å². The van der Waals surface area contributed by atoms with Crippen LogP contribution in [0.1, 0.15) is 17.3 Å². The van der Waals surface area contributed by atoms with E-state index in [1.165, 1.54) is 34.4 Å². The number of aromatic nitrogens is 2. The van der Waals surface area contributed by atoms with Crippen LogP contribution in [0.25, 0.3) is 16.0 Å². The quantitative estimate of drug-likeness (QED) is 0.233. The van der Waals surface area contributed by atoms with Crippen LogP contribution < -0.4 is 4.90 Å². The van der Waals surface area contributed by atoms with Crippen LogP contribution in [0.15, 0.2) is 72.4 Å². The molecule has 0 spiro atoms. The van der Waals surface area contributed by atoms with Gasteiger partial charge in [-0.25, -0.2) is 4.98 Å². The molecule has 1 aliphatic heterocycles. The van der Waals surface area contributed by atoms with E-state index in [0.29, 0.717) is 21.4 Å². The molecule has 1 saturated heterocycles. The number of aliphatic hydroxyl groups is 1. The minimum atomic E-state index is -0.953. The third-order valence-electron chi connectivity index (χ3n) is 5.09. The van der Waals surface area contributed by atoms with Gasteiger partial charge in [0.05, 0.1) is 31.5 Å². The number of pyridine rings is 1. The molecule has 1 aliphatic rings. The zero-order chi connectivity index (χ0) is 22.4. The molecule has 0 radical (unpaired) electrons. The average molecular weight is 482 g/mol. The molecule has 5 rings (SSSR count). The van der Waals surface area contributed by atoms with Crippen LogP contribution in [0.4, 0.5) is 5.13 Å². The summed E-state index contributed by atoms with van der Waals surface area (Å²) >= 11 is 13.4. The Morgan fingerprint density at radius 2 is 1.78 bits per heavy atom. The van der Waals surface area contributed by atoms with Gasteiger partial charge in [-0.1, -0.05) is 52.7 Å². The number of hydrogen-bond donors (Lipinski definition) is 1. The largest absolute Gasteiger partial charge is 0.507 e. The lowest BCUT2D eigenvalue weighted by atomic mass is 9.98. The van der Waals surface area contributed by atoms with Crippen molar-refractivity contribution in [1.29, 1.82) is 0 Å². The van der Waals surface area contributed by atoms with Gasteiger partial charge in [0.25, 0.3) is 5.78 Å². The Kier molecular flexibility index (Phi) is 5.17. The van der Waals surface area contributed by atoms with Crippen LogP contribution in [0.5, 0.6) is 0 Å². The number of amides is 1. The molecule has 1 unspecified atom stereocenters. The SMILES string of the molecule is O=C1C(=O)N(c2nc3ccccc3s2)C(c2ccccn2)/C1=C(\O)c1ccc(Cl)c(Cl)c1. The van der Waals surface area contributed by atoms with Crippen LogP contribution in [-0.4, -0.2) is 26.8 Å². The molecule has 6 nitrogen and oxygen atoms in total. The Morgan fingerprint density at radius 1 is 1.00 bits per heavy atom. The second-order valence-electron chi connectivity index (χ2n) is 7.02. The number of halogens is 2. The number of fused-ring (bicyclic) bond motifs is 1. The fourth-order valence-electron chi connectivity index (χ4n) is 3.61. The van der Waals surface area contributed by atoms with Crippen molar-refractivity contribution >= 4 is 67.3 Å². The summed E-state index contributed by atoms with van der Waals surface area (Å²) < 4.78 is 0.869. The monoisotopic (exact) mass is 481 g/mol. The third kappa shape index (κ3) is 3.35. The van der Waals surface area contributed by atoms with Crippen molar-refractivity contribution in [3.8, 4) is 0 Å². The number of rotatable bonds is 3. The van der Waals surface area contributed by atoms with E-state index in [0.717, 1.165) is 4.70 Å². The summed E-state index contributed by atoms with van der Waals surface area (Å²) in [4.78, 5) is 36.5. The highest BCUT2D eigenvalue weighted by molar-refractivity contribution is 7.22. The third-order valence-corrected chi connectivity index (χ3v) is 6.87. The molecular weight excluding hydrogens is 469 g/mol. The number of anilines is 1. The van der Waals surface area contributed by atoms with Crippen molar-refractivity contribution in [2.24, 2.45) is 0 Å². The molecule has 0 saturated carbocycles. The van der Waals surface area contributed by atoms with Crippen LogP contribution in [0.3, 0.4) is 0 Å². The first-order valence-corrected chi connectivity index (χ1v) is 11.1.